The smallest absolute Gasteiger partial charge is 0.253 e. The Morgan fingerprint density at radius 3 is 2.61 bits per heavy atom. The quantitative estimate of drug-likeness (QED) is 0.756. The van der Waals surface area contributed by atoms with E-state index in [0.29, 0.717) is 17.6 Å². The normalized spacial score (nSPS) is 25.0. The number of carbonyl (C=O) groups is 1. The number of carbonyl (C=O) groups excluding carboxylic acids is 1. The van der Waals surface area contributed by atoms with Gasteiger partial charge in [-0.2, -0.15) is 0 Å². The highest BCUT2D eigenvalue weighted by Gasteiger charge is 2.37. The number of morpholine rings is 1. The number of piperidine rings is 1. The van der Waals surface area contributed by atoms with Crippen molar-refractivity contribution in [2.45, 2.75) is 31.0 Å². The lowest BCUT2D eigenvalue weighted by molar-refractivity contribution is -0.0670. The second-order valence-electron chi connectivity index (χ2n) is 7.68. The van der Waals surface area contributed by atoms with Crippen LogP contribution >= 0.6 is 0 Å². The van der Waals surface area contributed by atoms with Crippen molar-refractivity contribution in [3.05, 3.63) is 54.7 Å². The van der Waals surface area contributed by atoms with Gasteiger partial charge in [0.15, 0.2) is 0 Å². The van der Waals surface area contributed by atoms with E-state index in [4.69, 9.17) is 4.74 Å². The van der Waals surface area contributed by atoms with Crippen LogP contribution in [0.4, 0.5) is 0 Å². The van der Waals surface area contributed by atoms with E-state index in [0.717, 1.165) is 42.6 Å². The number of nitrogens with one attached hydrogen (secondary N) is 1. The van der Waals surface area contributed by atoms with E-state index < -0.39 is 0 Å². The first-order chi connectivity index (χ1) is 13.7. The minimum Gasteiger partial charge on any atom is -0.378 e. The number of fused-ring (bicyclic) bond motifs is 3. The number of nitrogens with zero attached hydrogens (tertiary/aromatic N) is 4. The molecule has 2 aromatic heterocycles. The number of rotatable bonds is 3. The third kappa shape index (κ3) is 2.96. The van der Waals surface area contributed by atoms with E-state index in [1.165, 1.54) is 6.33 Å². The van der Waals surface area contributed by atoms with Crippen molar-refractivity contribution >= 4 is 16.8 Å². The molecule has 2 aliphatic heterocycles. The van der Waals surface area contributed by atoms with Crippen LogP contribution in [0.2, 0.25) is 0 Å². The van der Waals surface area contributed by atoms with E-state index >= 15 is 0 Å². The summed E-state index contributed by atoms with van der Waals surface area (Å²) >= 11 is 0. The molecule has 2 fully saturated rings. The van der Waals surface area contributed by atoms with Crippen LogP contribution in [-0.4, -0.2) is 63.7 Å². The second kappa shape index (κ2) is 7.00. The van der Waals surface area contributed by atoms with Crippen LogP contribution in [0, 0.1) is 0 Å². The molecule has 7 heteroatoms. The molecule has 3 aromatic rings. The molecule has 2 aliphatic rings. The van der Waals surface area contributed by atoms with Crippen LogP contribution in [0.15, 0.2) is 49.2 Å². The average molecular weight is 377 g/mol. The Balaban J connectivity index is 1.44. The molecule has 2 saturated heterocycles. The van der Waals surface area contributed by atoms with Crippen molar-refractivity contribution in [1.29, 1.82) is 0 Å². The standard InChI is InChI=1S/C21H23N5O2/c1-25-15-6-14(7-16(25)12-28-11-15)24-21(27)19-10-26(17-8-22-13-23-9-17)20-5-3-2-4-18(19)20/h2-5,8-10,13-16H,6-7,11-12H2,1H3,(H,24,27)/t14-,15-,16+. The Morgan fingerprint density at radius 1 is 1.14 bits per heavy atom. The largest absolute Gasteiger partial charge is 0.378 e. The summed E-state index contributed by atoms with van der Waals surface area (Å²) in [4.78, 5) is 23.8. The van der Waals surface area contributed by atoms with Gasteiger partial charge in [0.25, 0.3) is 5.91 Å². The summed E-state index contributed by atoms with van der Waals surface area (Å²) in [6, 6.07) is 8.86. The van der Waals surface area contributed by atoms with Gasteiger partial charge in [0.05, 0.1) is 42.4 Å². The molecule has 0 spiro atoms. The molecule has 3 atom stereocenters. The molecule has 4 heterocycles. The van der Waals surface area contributed by atoms with Crippen molar-refractivity contribution in [2.75, 3.05) is 20.3 Å². The second-order valence-corrected chi connectivity index (χ2v) is 7.68. The van der Waals surface area contributed by atoms with Crippen LogP contribution in [0.5, 0.6) is 0 Å². The van der Waals surface area contributed by atoms with Gasteiger partial charge >= 0.3 is 0 Å². The van der Waals surface area contributed by atoms with Crippen molar-refractivity contribution in [1.82, 2.24) is 24.8 Å². The maximum absolute atomic E-state index is 13.2. The Morgan fingerprint density at radius 2 is 1.86 bits per heavy atom. The molecule has 1 aromatic carbocycles. The molecule has 0 aliphatic carbocycles. The first kappa shape index (κ1) is 17.3. The lowest BCUT2D eigenvalue weighted by atomic mass is 9.90. The lowest BCUT2D eigenvalue weighted by Gasteiger charge is -2.46. The number of benzene rings is 1. The first-order valence-electron chi connectivity index (χ1n) is 9.66. The molecule has 7 nitrogen and oxygen atoms in total. The van der Waals surface area contributed by atoms with Crippen LogP contribution in [0.3, 0.4) is 0 Å². The van der Waals surface area contributed by atoms with Crippen molar-refractivity contribution < 1.29 is 9.53 Å². The predicted octanol–water partition coefficient (Wildman–Crippen LogP) is 2.01. The fourth-order valence-electron chi connectivity index (χ4n) is 4.47. The first-order valence-corrected chi connectivity index (χ1v) is 9.66. The third-order valence-electron chi connectivity index (χ3n) is 6.00. The number of para-hydroxylation sites is 1. The maximum Gasteiger partial charge on any atom is 0.253 e. The molecule has 0 unspecified atom stereocenters. The predicted molar refractivity (Wildman–Crippen MR) is 106 cm³/mol. The van der Waals surface area contributed by atoms with Gasteiger partial charge in [-0.05, 0) is 26.0 Å². The molecule has 28 heavy (non-hydrogen) atoms. The monoisotopic (exact) mass is 377 g/mol. The molecule has 2 bridgehead atoms. The topological polar surface area (TPSA) is 72.3 Å². The molecule has 5 rings (SSSR count). The van der Waals surface area contributed by atoms with Gasteiger partial charge in [-0.15, -0.1) is 0 Å². The number of amides is 1. The van der Waals surface area contributed by atoms with Crippen LogP contribution in [-0.2, 0) is 4.74 Å². The number of hydrogen-bond acceptors (Lipinski definition) is 5. The van der Waals surface area contributed by atoms with Crippen molar-refractivity contribution in [3.8, 4) is 5.69 Å². The van der Waals surface area contributed by atoms with E-state index in [9.17, 15) is 4.79 Å². The minimum atomic E-state index is -0.0275. The fourth-order valence-corrected chi connectivity index (χ4v) is 4.47. The van der Waals surface area contributed by atoms with Crippen LogP contribution in [0.25, 0.3) is 16.6 Å². The number of ether oxygens (including phenoxy) is 1. The minimum absolute atomic E-state index is 0.0275. The number of likely N-dealkylation sites (N-methyl/N-ethyl adjacent to an activating group) is 1. The fraction of sp³-hybridized carbons (Fsp3) is 0.381. The highest BCUT2D eigenvalue weighted by atomic mass is 16.5. The van der Waals surface area contributed by atoms with Gasteiger partial charge < -0.3 is 14.6 Å². The molecule has 0 saturated carbocycles. The highest BCUT2D eigenvalue weighted by molar-refractivity contribution is 6.07. The SMILES string of the molecule is CN1[C@@H]2COC[C@H]1C[C@@H](NC(=O)c1cn(-c3cncnc3)c3ccccc13)C2. The highest BCUT2D eigenvalue weighted by Crippen LogP contribution is 2.28. The summed E-state index contributed by atoms with van der Waals surface area (Å²) in [6.45, 7) is 1.49. The summed E-state index contributed by atoms with van der Waals surface area (Å²) in [5, 5.41) is 4.21. The summed E-state index contributed by atoms with van der Waals surface area (Å²) < 4.78 is 7.66. The lowest BCUT2D eigenvalue weighted by Crippen LogP contribution is -2.59. The summed E-state index contributed by atoms with van der Waals surface area (Å²) in [5.74, 6) is -0.0275. The number of hydrogen-bond donors (Lipinski definition) is 1. The van der Waals surface area contributed by atoms with Gasteiger partial charge in [0, 0.05) is 29.7 Å². The molecule has 144 valence electrons. The molecule has 1 amide bonds. The zero-order chi connectivity index (χ0) is 19.1. The Kier molecular flexibility index (Phi) is 4.33. The van der Waals surface area contributed by atoms with Gasteiger partial charge in [-0.25, -0.2) is 9.97 Å². The summed E-state index contributed by atoms with van der Waals surface area (Å²) in [5.41, 5.74) is 2.49. The van der Waals surface area contributed by atoms with Gasteiger partial charge in [-0.3, -0.25) is 9.69 Å². The van der Waals surface area contributed by atoms with Crippen LogP contribution < -0.4 is 5.32 Å². The maximum atomic E-state index is 13.2. The average Bonchev–Trinajstić information content (AvgIpc) is 3.09. The van der Waals surface area contributed by atoms with Gasteiger partial charge in [-0.1, -0.05) is 18.2 Å². The Bertz CT molecular complexity index is 988. The van der Waals surface area contributed by atoms with E-state index in [2.05, 4.69) is 27.2 Å². The van der Waals surface area contributed by atoms with Crippen molar-refractivity contribution in [3.63, 3.8) is 0 Å². The van der Waals surface area contributed by atoms with Crippen molar-refractivity contribution in [2.24, 2.45) is 0 Å². The van der Waals surface area contributed by atoms with Gasteiger partial charge in [0.2, 0.25) is 0 Å². The zero-order valence-electron chi connectivity index (χ0n) is 15.8. The molecule has 1 N–H and O–H groups in total. The third-order valence-corrected chi connectivity index (χ3v) is 6.00. The molecular formula is C21H23N5O2. The molecule has 0 radical (unpaired) electrons. The zero-order valence-corrected chi connectivity index (χ0v) is 15.8. The van der Waals surface area contributed by atoms with E-state index in [1.54, 1.807) is 12.4 Å². The van der Waals surface area contributed by atoms with Gasteiger partial charge in [0.1, 0.15) is 6.33 Å². The van der Waals surface area contributed by atoms with E-state index in [1.807, 2.05) is 35.0 Å². The molecular weight excluding hydrogens is 354 g/mol. The van der Waals surface area contributed by atoms with Crippen LogP contribution in [0.1, 0.15) is 23.2 Å². The van der Waals surface area contributed by atoms with E-state index in [-0.39, 0.29) is 11.9 Å². The number of aromatic nitrogens is 3. The Labute approximate surface area is 163 Å². The summed E-state index contributed by atoms with van der Waals surface area (Å²) in [6.07, 6.45) is 8.73. The summed E-state index contributed by atoms with van der Waals surface area (Å²) in [7, 11) is 2.16. The Hall–Kier alpha value is -2.77.